The molecular formula is C21H26N2O4. The third-order valence-corrected chi connectivity index (χ3v) is 4.74. The van der Waals surface area contributed by atoms with Gasteiger partial charge in [0.2, 0.25) is 0 Å². The van der Waals surface area contributed by atoms with Crippen molar-refractivity contribution in [2.45, 2.75) is 6.92 Å². The molecule has 0 atom stereocenters. The molecule has 2 aromatic carbocycles. The zero-order valence-corrected chi connectivity index (χ0v) is 16.1. The molecule has 0 aromatic heterocycles. The molecule has 0 unspecified atom stereocenters. The van der Waals surface area contributed by atoms with Crippen LogP contribution in [0.5, 0.6) is 17.2 Å². The normalized spacial score (nSPS) is 14.0. The number of rotatable bonds is 6. The molecule has 0 radical (unpaired) electrons. The van der Waals surface area contributed by atoms with E-state index in [1.54, 1.807) is 14.2 Å². The van der Waals surface area contributed by atoms with Gasteiger partial charge in [0.25, 0.3) is 5.91 Å². The Labute approximate surface area is 160 Å². The fraction of sp³-hybridized carbons (Fsp3) is 0.381. The van der Waals surface area contributed by atoms with Crippen LogP contribution in [0.15, 0.2) is 42.5 Å². The minimum Gasteiger partial charge on any atom is -0.497 e. The third-order valence-electron chi connectivity index (χ3n) is 4.74. The third kappa shape index (κ3) is 4.64. The summed E-state index contributed by atoms with van der Waals surface area (Å²) >= 11 is 0. The lowest BCUT2D eigenvalue weighted by Gasteiger charge is -2.36. The van der Waals surface area contributed by atoms with Crippen LogP contribution in [0.25, 0.3) is 0 Å². The van der Waals surface area contributed by atoms with Gasteiger partial charge in [-0.2, -0.15) is 0 Å². The Morgan fingerprint density at radius 1 is 0.926 bits per heavy atom. The van der Waals surface area contributed by atoms with Gasteiger partial charge < -0.3 is 24.0 Å². The first kappa shape index (κ1) is 18.9. The molecule has 0 bridgehead atoms. The van der Waals surface area contributed by atoms with E-state index in [9.17, 15) is 4.79 Å². The van der Waals surface area contributed by atoms with Crippen LogP contribution in [0, 0.1) is 6.92 Å². The summed E-state index contributed by atoms with van der Waals surface area (Å²) in [6.07, 6.45) is 0. The molecule has 0 aliphatic carbocycles. The number of methoxy groups -OCH3 is 2. The average Bonchev–Trinajstić information content (AvgIpc) is 2.72. The summed E-state index contributed by atoms with van der Waals surface area (Å²) in [5, 5.41) is 0. The maximum atomic E-state index is 12.4. The van der Waals surface area contributed by atoms with Crippen molar-refractivity contribution in [3.8, 4) is 17.2 Å². The second-order valence-electron chi connectivity index (χ2n) is 6.51. The lowest BCUT2D eigenvalue weighted by atomic mass is 10.2. The van der Waals surface area contributed by atoms with Crippen LogP contribution in [0.2, 0.25) is 0 Å². The van der Waals surface area contributed by atoms with Gasteiger partial charge in [-0.15, -0.1) is 0 Å². The van der Waals surface area contributed by atoms with E-state index in [-0.39, 0.29) is 12.5 Å². The first-order valence-corrected chi connectivity index (χ1v) is 9.05. The Morgan fingerprint density at radius 2 is 1.59 bits per heavy atom. The maximum Gasteiger partial charge on any atom is 0.260 e. The predicted molar refractivity (Wildman–Crippen MR) is 105 cm³/mol. The van der Waals surface area contributed by atoms with Crippen LogP contribution in [-0.2, 0) is 4.79 Å². The minimum absolute atomic E-state index is 0.0110. The number of anilines is 1. The largest absolute Gasteiger partial charge is 0.497 e. The van der Waals surface area contributed by atoms with Crippen molar-refractivity contribution in [3.05, 3.63) is 48.0 Å². The summed E-state index contributed by atoms with van der Waals surface area (Å²) < 4.78 is 16.4. The van der Waals surface area contributed by atoms with Crippen molar-refractivity contribution in [3.63, 3.8) is 0 Å². The van der Waals surface area contributed by atoms with E-state index >= 15 is 0 Å². The van der Waals surface area contributed by atoms with Gasteiger partial charge in [0, 0.05) is 32.2 Å². The molecule has 3 rings (SSSR count). The standard InChI is InChI=1S/C21H26N2O4/c1-16-4-6-17(7-5-16)27-15-21(24)23-12-10-22(11-13-23)19-9-8-18(25-2)14-20(19)26-3/h4-9,14H,10-13,15H2,1-3H3. The highest BCUT2D eigenvalue weighted by atomic mass is 16.5. The first-order valence-electron chi connectivity index (χ1n) is 9.05. The lowest BCUT2D eigenvalue weighted by Crippen LogP contribution is -2.50. The van der Waals surface area contributed by atoms with E-state index in [0.29, 0.717) is 13.1 Å². The van der Waals surface area contributed by atoms with Crippen LogP contribution in [0.4, 0.5) is 5.69 Å². The number of piperazine rings is 1. The minimum atomic E-state index is 0.0110. The van der Waals surface area contributed by atoms with Crippen molar-refractivity contribution in [1.29, 1.82) is 0 Å². The molecule has 6 nitrogen and oxygen atoms in total. The van der Waals surface area contributed by atoms with Crippen LogP contribution in [0.3, 0.4) is 0 Å². The predicted octanol–water partition coefficient (Wildman–Crippen LogP) is 2.74. The average molecular weight is 370 g/mol. The summed E-state index contributed by atoms with van der Waals surface area (Å²) in [5.74, 6) is 2.27. The smallest absolute Gasteiger partial charge is 0.260 e. The molecular weight excluding hydrogens is 344 g/mol. The first-order chi connectivity index (χ1) is 13.1. The molecule has 1 heterocycles. The monoisotopic (exact) mass is 370 g/mol. The maximum absolute atomic E-state index is 12.4. The number of benzene rings is 2. The highest BCUT2D eigenvalue weighted by Crippen LogP contribution is 2.32. The fourth-order valence-electron chi connectivity index (χ4n) is 3.11. The zero-order valence-electron chi connectivity index (χ0n) is 16.1. The molecule has 1 amide bonds. The molecule has 2 aromatic rings. The highest BCUT2D eigenvalue weighted by molar-refractivity contribution is 5.78. The molecule has 144 valence electrons. The number of nitrogens with zero attached hydrogens (tertiary/aromatic N) is 2. The molecule has 1 aliphatic heterocycles. The highest BCUT2D eigenvalue weighted by Gasteiger charge is 2.23. The molecule has 6 heteroatoms. The van der Waals surface area contributed by atoms with Gasteiger partial charge in [-0.25, -0.2) is 0 Å². The van der Waals surface area contributed by atoms with Gasteiger partial charge in [-0.1, -0.05) is 17.7 Å². The van der Waals surface area contributed by atoms with Gasteiger partial charge in [0.05, 0.1) is 19.9 Å². The summed E-state index contributed by atoms with van der Waals surface area (Å²) in [6.45, 7) is 4.90. The molecule has 27 heavy (non-hydrogen) atoms. The van der Waals surface area contributed by atoms with Crippen LogP contribution >= 0.6 is 0 Å². The molecule has 0 N–H and O–H groups in total. The summed E-state index contributed by atoms with van der Waals surface area (Å²) in [7, 11) is 3.29. The fourth-order valence-corrected chi connectivity index (χ4v) is 3.11. The number of aryl methyl sites for hydroxylation is 1. The second-order valence-corrected chi connectivity index (χ2v) is 6.51. The number of hydrogen-bond donors (Lipinski definition) is 0. The summed E-state index contributed by atoms with van der Waals surface area (Å²) in [6, 6.07) is 13.5. The van der Waals surface area contributed by atoms with Crippen molar-refractivity contribution in [2.24, 2.45) is 0 Å². The lowest BCUT2D eigenvalue weighted by molar-refractivity contribution is -0.133. The molecule has 0 spiro atoms. The molecule has 0 saturated carbocycles. The Kier molecular flexibility index (Phi) is 6.06. The van der Waals surface area contributed by atoms with Crippen LogP contribution in [0.1, 0.15) is 5.56 Å². The van der Waals surface area contributed by atoms with Crippen molar-refractivity contribution < 1.29 is 19.0 Å². The van der Waals surface area contributed by atoms with Crippen molar-refractivity contribution in [1.82, 2.24) is 4.90 Å². The molecule has 1 aliphatic rings. The van der Waals surface area contributed by atoms with Crippen molar-refractivity contribution >= 4 is 11.6 Å². The van der Waals surface area contributed by atoms with Gasteiger partial charge >= 0.3 is 0 Å². The van der Waals surface area contributed by atoms with E-state index in [4.69, 9.17) is 14.2 Å². The number of amides is 1. The van der Waals surface area contributed by atoms with Crippen LogP contribution in [-0.4, -0.2) is 57.8 Å². The van der Waals surface area contributed by atoms with E-state index in [0.717, 1.165) is 36.0 Å². The van der Waals surface area contributed by atoms with E-state index in [2.05, 4.69) is 4.90 Å². The summed E-state index contributed by atoms with van der Waals surface area (Å²) in [4.78, 5) is 16.5. The second kappa shape index (κ2) is 8.66. The number of ether oxygens (including phenoxy) is 3. The van der Waals surface area contributed by atoms with E-state index in [1.165, 1.54) is 5.56 Å². The Hall–Kier alpha value is -2.89. The number of carbonyl (C=O) groups excluding carboxylic acids is 1. The number of hydrogen-bond acceptors (Lipinski definition) is 5. The van der Waals surface area contributed by atoms with Gasteiger partial charge in [-0.05, 0) is 31.2 Å². The molecule has 1 saturated heterocycles. The van der Waals surface area contributed by atoms with Gasteiger partial charge in [-0.3, -0.25) is 4.79 Å². The van der Waals surface area contributed by atoms with Crippen LogP contribution < -0.4 is 19.1 Å². The van der Waals surface area contributed by atoms with E-state index in [1.807, 2.05) is 54.3 Å². The SMILES string of the molecule is COc1ccc(N2CCN(C(=O)COc3ccc(C)cc3)CC2)c(OC)c1. The molecule has 1 fully saturated rings. The Bertz CT molecular complexity index is 768. The number of carbonyl (C=O) groups is 1. The van der Waals surface area contributed by atoms with Gasteiger partial charge in [0.1, 0.15) is 17.2 Å². The Morgan fingerprint density at radius 3 is 2.22 bits per heavy atom. The summed E-state index contributed by atoms with van der Waals surface area (Å²) in [5.41, 5.74) is 2.18. The van der Waals surface area contributed by atoms with Gasteiger partial charge in [0.15, 0.2) is 6.61 Å². The quantitative estimate of drug-likeness (QED) is 0.783. The van der Waals surface area contributed by atoms with Crippen molar-refractivity contribution in [2.75, 3.05) is 51.9 Å². The van der Waals surface area contributed by atoms with E-state index < -0.39 is 0 Å². The zero-order chi connectivity index (χ0) is 19.2. The Balaban J connectivity index is 1.54. The topological polar surface area (TPSA) is 51.2 Å².